The standard InChI is InChI=1S/C11H12F3NS/c1-11(2)5-16-10(15-11)6-3-8(13)9(14)4-7(6)12/h3-4,10,15H,5H2,1-2H3. The molecule has 88 valence electrons. The Hall–Kier alpha value is -0.680. The average Bonchev–Trinajstić information content (AvgIpc) is 2.52. The van der Waals surface area contributed by atoms with Crippen LogP contribution in [0.25, 0.3) is 0 Å². The average molecular weight is 247 g/mol. The Morgan fingerprint density at radius 3 is 2.38 bits per heavy atom. The highest BCUT2D eigenvalue weighted by Gasteiger charge is 2.33. The van der Waals surface area contributed by atoms with E-state index in [1.165, 1.54) is 11.8 Å². The van der Waals surface area contributed by atoms with Crippen LogP contribution in [0.5, 0.6) is 0 Å². The number of thioether (sulfide) groups is 1. The van der Waals surface area contributed by atoms with Gasteiger partial charge in [-0.05, 0) is 19.9 Å². The first kappa shape index (κ1) is 11.8. The van der Waals surface area contributed by atoms with E-state index in [0.717, 1.165) is 11.8 Å². The molecule has 1 aromatic carbocycles. The summed E-state index contributed by atoms with van der Waals surface area (Å²) in [4.78, 5) is 0. The molecule has 0 amide bonds. The van der Waals surface area contributed by atoms with Crippen LogP contribution in [0.2, 0.25) is 0 Å². The van der Waals surface area contributed by atoms with Gasteiger partial charge >= 0.3 is 0 Å². The second-order valence-corrected chi connectivity index (χ2v) is 5.60. The van der Waals surface area contributed by atoms with Gasteiger partial charge in [-0.25, -0.2) is 13.2 Å². The van der Waals surface area contributed by atoms with E-state index in [9.17, 15) is 13.2 Å². The van der Waals surface area contributed by atoms with Gasteiger partial charge in [-0.15, -0.1) is 11.8 Å². The summed E-state index contributed by atoms with van der Waals surface area (Å²) in [6, 6.07) is 1.52. The molecule has 1 aromatic rings. The molecule has 0 saturated carbocycles. The van der Waals surface area contributed by atoms with Crippen molar-refractivity contribution in [2.75, 3.05) is 5.75 Å². The molecule has 0 aromatic heterocycles. The van der Waals surface area contributed by atoms with Gasteiger partial charge in [0, 0.05) is 22.9 Å². The summed E-state index contributed by atoms with van der Waals surface area (Å²) < 4.78 is 39.3. The van der Waals surface area contributed by atoms with Crippen molar-refractivity contribution in [1.82, 2.24) is 5.32 Å². The van der Waals surface area contributed by atoms with Crippen molar-refractivity contribution in [3.63, 3.8) is 0 Å². The molecule has 1 atom stereocenters. The molecule has 1 fully saturated rings. The van der Waals surface area contributed by atoms with Crippen molar-refractivity contribution in [3.8, 4) is 0 Å². The first-order chi connectivity index (χ1) is 7.39. The summed E-state index contributed by atoms with van der Waals surface area (Å²) >= 11 is 1.49. The lowest BCUT2D eigenvalue weighted by Gasteiger charge is -2.19. The van der Waals surface area contributed by atoms with Gasteiger partial charge in [-0.3, -0.25) is 5.32 Å². The molecule has 1 unspecified atom stereocenters. The normalized spacial score (nSPS) is 23.7. The predicted octanol–water partition coefficient (Wildman–Crippen LogP) is 3.22. The van der Waals surface area contributed by atoms with Gasteiger partial charge in [0.15, 0.2) is 11.6 Å². The van der Waals surface area contributed by atoms with Crippen molar-refractivity contribution < 1.29 is 13.2 Å². The number of benzene rings is 1. The van der Waals surface area contributed by atoms with Gasteiger partial charge < -0.3 is 0 Å². The number of rotatable bonds is 1. The van der Waals surface area contributed by atoms with E-state index in [0.29, 0.717) is 6.07 Å². The van der Waals surface area contributed by atoms with Crippen LogP contribution < -0.4 is 5.32 Å². The van der Waals surface area contributed by atoms with Crippen LogP contribution in [-0.2, 0) is 0 Å². The summed E-state index contributed by atoms with van der Waals surface area (Å²) in [7, 11) is 0. The van der Waals surface area contributed by atoms with Gasteiger partial charge in [0.2, 0.25) is 0 Å². The van der Waals surface area contributed by atoms with Crippen molar-refractivity contribution in [3.05, 3.63) is 35.1 Å². The molecule has 1 N–H and O–H groups in total. The van der Waals surface area contributed by atoms with Gasteiger partial charge in [0.25, 0.3) is 0 Å². The largest absolute Gasteiger partial charge is 0.296 e. The van der Waals surface area contributed by atoms with Gasteiger partial charge in [-0.1, -0.05) is 0 Å². The summed E-state index contributed by atoms with van der Waals surface area (Å²) in [5.41, 5.74) is 0.0570. The van der Waals surface area contributed by atoms with Gasteiger partial charge in [-0.2, -0.15) is 0 Å². The molecule has 2 rings (SSSR count). The van der Waals surface area contributed by atoms with E-state index >= 15 is 0 Å². The highest BCUT2D eigenvalue weighted by Crippen LogP contribution is 2.38. The predicted molar refractivity (Wildman–Crippen MR) is 58.7 cm³/mol. The second-order valence-electron chi connectivity index (χ2n) is 4.51. The maximum atomic E-state index is 13.5. The third kappa shape index (κ3) is 2.20. The van der Waals surface area contributed by atoms with E-state index in [-0.39, 0.29) is 16.5 Å². The Labute approximate surface area is 96.4 Å². The molecule has 0 spiro atoms. The van der Waals surface area contributed by atoms with Crippen molar-refractivity contribution in [2.24, 2.45) is 0 Å². The van der Waals surface area contributed by atoms with E-state index < -0.39 is 17.5 Å². The summed E-state index contributed by atoms with van der Waals surface area (Å²) in [5, 5.41) is 2.85. The fourth-order valence-corrected chi connectivity index (χ4v) is 3.07. The van der Waals surface area contributed by atoms with Crippen LogP contribution in [-0.4, -0.2) is 11.3 Å². The van der Waals surface area contributed by atoms with E-state index in [2.05, 4.69) is 5.32 Å². The summed E-state index contributed by atoms with van der Waals surface area (Å²) in [5.74, 6) is -2.07. The molecule has 5 heteroatoms. The Bertz CT molecular complexity index is 420. The van der Waals surface area contributed by atoms with Gasteiger partial charge in [0.05, 0.1) is 5.37 Å². The Kier molecular flexibility index (Phi) is 2.92. The van der Waals surface area contributed by atoms with Crippen LogP contribution in [0.4, 0.5) is 13.2 Å². The minimum absolute atomic E-state index is 0.118. The molecule has 1 heterocycles. The Balaban J connectivity index is 2.32. The van der Waals surface area contributed by atoms with Crippen LogP contribution >= 0.6 is 11.8 Å². The molecular weight excluding hydrogens is 235 g/mol. The Morgan fingerprint density at radius 2 is 1.81 bits per heavy atom. The second kappa shape index (κ2) is 3.96. The Morgan fingerprint density at radius 1 is 1.19 bits per heavy atom. The highest BCUT2D eigenvalue weighted by molar-refractivity contribution is 7.99. The van der Waals surface area contributed by atoms with E-state index in [4.69, 9.17) is 0 Å². The molecule has 16 heavy (non-hydrogen) atoms. The number of hydrogen-bond acceptors (Lipinski definition) is 2. The minimum Gasteiger partial charge on any atom is -0.296 e. The maximum absolute atomic E-state index is 13.5. The number of hydrogen-bond donors (Lipinski definition) is 1. The first-order valence-corrected chi connectivity index (χ1v) is 5.98. The monoisotopic (exact) mass is 247 g/mol. The number of nitrogens with one attached hydrogen (secondary N) is 1. The maximum Gasteiger partial charge on any atom is 0.161 e. The zero-order valence-corrected chi connectivity index (χ0v) is 9.80. The molecule has 1 aliphatic rings. The van der Waals surface area contributed by atoms with Crippen LogP contribution in [0.1, 0.15) is 24.8 Å². The lowest BCUT2D eigenvalue weighted by Crippen LogP contribution is -2.36. The quantitative estimate of drug-likeness (QED) is 0.765. The minimum atomic E-state index is -1.15. The van der Waals surface area contributed by atoms with E-state index in [1.54, 1.807) is 0 Å². The molecular formula is C11H12F3NS. The lowest BCUT2D eigenvalue weighted by molar-refractivity contribution is 0.438. The zero-order valence-electron chi connectivity index (χ0n) is 8.98. The smallest absolute Gasteiger partial charge is 0.161 e. The first-order valence-electron chi connectivity index (χ1n) is 4.93. The van der Waals surface area contributed by atoms with E-state index in [1.807, 2.05) is 13.8 Å². The molecule has 0 radical (unpaired) electrons. The fraction of sp³-hybridized carbons (Fsp3) is 0.455. The van der Waals surface area contributed by atoms with Crippen LogP contribution in [0.3, 0.4) is 0 Å². The molecule has 0 aliphatic carbocycles. The fourth-order valence-electron chi connectivity index (χ4n) is 1.64. The molecule has 1 nitrogen and oxygen atoms in total. The lowest BCUT2D eigenvalue weighted by atomic mass is 10.1. The molecule has 1 aliphatic heterocycles. The number of halogens is 3. The van der Waals surface area contributed by atoms with Crippen LogP contribution in [0, 0.1) is 17.5 Å². The molecule has 0 bridgehead atoms. The van der Waals surface area contributed by atoms with Crippen molar-refractivity contribution in [2.45, 2.75) is 24.8 Å². The topological polar surface area (TPSA) is 12.0 Å². The van der Waals surface area contributed by atoms with Crippen molar-refractivity contribution in [1.29, 1.82) is 0 Å². The van der Waals surface area contributed by atoms with Crippen molar-refractivity contribution >= 4 is 11.8 Å². The summed E-state index contributed by atoms with van der Waals surface area (Å²) in [6.45, 7) is 3.97. The van der Waals surface area contributed by atoms with Gasteiger partial charge in [0.1, 0.15) is 5.82 Å². The highest BCUT2D eigenvalue weighted by atomic mass is 32.2. The molecule has 1 saturated heterocycles. The zero-order chi connectivity index (χ0) is 11.9. The third-order valence-electron chi connectivity index (χ3n) is 2.45. The third-order valence-corrected chi connectivity index (χ3v) is 4.05. The SMILES string of the molecule is CC1(C)CSC(c2cc(F)c(F)cc2F)N1. The summed E-state index contributed by atoms with van der Waals surface area (Å²) in [6.07, 6.45) is 0. The van der Waals surface area contributed by atoms with Crippen LogP contribution in [0.15, 0.2) is 12.1 Å².